The number of sulfonamides is 1. The minimum atomic E-state index is -3.46. The Kier molecular flexibility index (Phi) is 6.42. The van der Waals surface area contributed by atoms with Crippen LogP contribution in [-0.4, -0.2) is 29.3 Å². The maximum Gasteiger partial charge on any atom is 0.353 e. The van der Waals surface area contributed by atoms with Gasteiger partial charge in [-0.25, -0.2) is 13.2 Å². The Bertz CT molecular complexity index is 1310. The summed E-state index contributed by atoms with van der Waals surface area (Å²) in [5.74, 6) is -1.09. The monoisotopic (exact) mass is 451 g/mol. The van der Waals surface area contributed by atoms with Crippen LogP contribution in [0.1, 0.15) is 42.5 Å². The van der Waals surface area contributed by atoms with Crippen LogP contribution in [0.2, 0.25) is 0 Å². The lowest BCUT2D eigenvalue weighted by molar-refractivity contribution is 0.0687. The molecule has 1 aromatic heterocycles. The molecule has 3 aromatic rings. The van der Waals surface area contributed by atoms with E-state index in [-0.39, 0.29) is 5.69 Å². The number of anilines is 1. The van der Waals surface area contributed by atoms with Gasteiger partial charge in [0.25, 0.3) is 0 Å². The summed E-state index contributed by atoms with van der Waals surface area (Å²) >= 11 is 0. The largest absolute Gasteiger partial charge is 0.477 e. The molecule has 0 fully saturated rings. The van der Waals surface area contributed by atoms with E-state index in [1.54, 1.807) is 55.8 Å². The molecule has 166 valence electrons. The van der Waals surface area contributed by atoms with E-state index in [9.17, 15) is 23.6 Å². The predicted octanol–water partition coefficient (Wildman–Crippen LogP) is 4.64. The highest BCUT2D eigenvalue weighted by Gasteiger charge is 2.25. The third-order valence-electron chi connectivity index (χ3n) is 5.42. The number of carbonyl (C=O) groups is 1. The van der Waals surface area contributed by atoms with Crippen molar-refractivity contribution in [1.29, 1.82) is 5.26 Å². The van der Waals surface area contributed by atoms with Crippen molar-refractivity contribution in [3.05, 3.63) is 65.5 Å². The van der Waals surface area contributed by atoms with Crippen LogP contribution in [-0.2, 0) is 23.5 Å². The van der Waals surface area contributed by atoms with Gasteiger partial charge in [-0.2, -0.15) is 5.26 Å². The van der Waals surface area contributed by atoms with E-state index in [1.165, 1.54) is 0 Å². The highest BCUT2D eigenvalue weighted by atomic mass is 32.2. The summed E-state index contributed by atoms with van der Waals surface area (Å²) in [6.45, 7) is 5.11. The molecule has 0 atom stereocenters. The molecule has 0 saturated carbocycles. The summed E-state index contributed by atoms with van der Waals surface area (Å²) in [7, 11) is -1.80. The Hall–Kier alpha value is -3.57. The van der Waals surface area contributed by atoms with E-state index >= 15 is 0 Å². The molecule has 2 N–H and O–H groups in total. The van der Waals surface area contributed by atoms with Crippen LogP contribution < -0.4 is 4.72 Å². The van der Waals surface area contributed by atoms with Crippen molar-refractivity contribution < 1.29 is 18.3 Å². The van der Waals surface area contributed by atoms with Crippen LogP contribution in [0.25, 0.3) is 22.3 Å². The molecule has 0 aliphatic rings. The molecule has 8 heteroatoms. The molecule has 0 radical (unpaired) electrons. The van der Waals surface area contributed by atoms with E-state index < -0.39 is 21.2 Å². The highest BCUT2D eigenvalue weighted by molar-refractivity contribution is 7.93. The zero-order valence-corrected chi connectivity index (χ0v) is 19.2. The van der Waals surface area contributed by atoms with Crippen LogP contribution in [0.3, 0.4) is 0 Å². The number of aromatic nitrogens is 1. The first kappa shape index (κ1) is 23.1. The molecule has 3 rings (SSSR count). The van der Waals surface area contributed by atoms with Crippen LogP contribution in [0.4, 0.5) is 5.69 Å². The van der Waals surface area contributed by atoms with E-state index in [2.05, 4.69) is 10.8 Å². The minimum absolute atomic E-state index is 0.0799. The second kappa shape index (κ2) is 8.89. The normalized spacial score (nSPS) is 11.4. The summed E-state index contributed by atoms with van der Waals surface area (Å²) in [4.78, 5) is 11.9. The van der Waals surface area contributed by atoms with E-state index in [0.717, 1.165) is 11.1 Å². The van der Waals surface area contributed by atoms with Gasteiger partial charge in [0.2, 0.25) is 10.0 Å². The number of rotatable bonds is 7. The smallest absolute Gasteiger partial charge is 0.353 e. The van der Waals surface area contributed by atoms with Gasteiger partial charge in [0.15, 0.2) is 0 Å². The maximum atomic E-state index is 12.2. The first-order chi connectivity index (χ1) is 15.1. The molecule has 0 spiro atoms. The quantitative estimate of drug-likeness (QED) is 0.543. The highest BCUT2D eigenvalue weighted by Crippen LogP contribution is 2.34. The van der Waals surface area contributed by atoms with Crippen molar-refractivity contribution in [3.8, 4) is 28.3 Å². The molecule has 0 bridgehead atoms. The lowest BCUT2D eigenvalue weighted by atomic mass is 9.97. The summed E-state index contributed by atoms with van der Waals surface area (Å²) in [5.41, 5.74) is 4.27. The SMILES string of the molecule is CCc1c(C#N)c(-c2ccc(-c3cccc(NS(=O)(=O)C(C)C)c3)cc2)c(C(=O)O)n1C. The average Bonchev–Trinajstić information content (AvgIpc) is 3.05. The Labute approximate surface area is 188 Å². The van der Waals surface area contributed by atoms with Gasteiger partial charge in [0.05, 0.1) is 10.8 Å². The third kappa shape index (κ3) is 4.25. The van der Waals surface area contributed by atoms with Crippen LogP contribution in [0, 0.1) is 11.3 Å². The molecular formula is C24H25N3O4S. The summed E-state index contributed by atoms with van der Waals surface area (Å²) in [6, 6.07) is 16.4. The molecule has 1 heterocycles. The number of benzene rings is 2. The standard InChI is InChI=1S/C24H25N3O4S/c1-5-21-20(14-25)22(23(24(28)29)27(21)4)17-11-9-16(10-12-17)18-7-6-8-19(13-18)26-32(30,31)15(2)3/h6-13,15,26H,5H2,1-4H3,(H,28,29). The van der Waals surface area contributed by atoms with Gasteiger partial charge in [-0.3, -0.25) is 4.72 Å². The van der Waals surface area contributed by atoms with Crippen molar-refractivity contribution >= 4 is 21.7 Å². The lowest BCUT2D eigenvalue weighted by Gasteiger charge is -2.12. The fourth-order valence-electron chi connectivity index (χ4n) is 3.67. The van der Waals surface area contributed by atoms with Gasteiger partial charge >= 0.3 is 5.97 Å². The minimum Gasteiger partial charge on any atom is -0.477 e. The van der Waals surface area contributed by atoms with E-state index in [1.807, 2.05) is 25.1 Å². The predicted molar refractivity (Wildman–Crippen MR) is 125 cm³/mol. The number of carboxylic acids is 1. The molecule has 0 saturated heterocycles. The molecule has 2 aromatic carbocycles. The number of hydrogen-bond acceptors (Lipinski definition) is 4. The third-order valence-corrected chi connectivity index (χ3v) is 7.18. The van der Waals surface area contributed by atoms with Crippen LogP contribution in [0.15, 0.2) is 48.5 Å². The average molecular weight is 452 g/mol. The number of carboxylic acid groups (broad SMARTS) is 1. The number of nitrogens with one attached hydrogen (secondary N) is 1. The molecular weight excluding hydrogens is 426 g/mol. The van der Waals surface area contributed by atoms with Crippen molar-refractivity contribution in [1.82, 2.24) is 4.57 Å². The Balaban J connectivity index is 2.03. The molecule has 7 nitrogen and oxygen atoms in total. The fraction of sp³-hybridized carbons (Fsp3) is 0.250. The van der Waals surface area contributed by atoms with Crippen LogP contribution >= 0.6 is 0 Å². The van der Waals surface area contributed by atoms with Gasteiger partial charge in [-0.05, 0) is 49.1 Å². The molecule has 0 unspecified atom stereocenters. The van der Waals surface area contributed by atoms with E-state index in [4.69, 9.17) is 0 Å². The van der Waals surface area contributed by atoms with E-state index in [0.29, 0.717) is 34.5 Å². The zero-order chi connectivity index (χ0) is 23.6. The molecule has 0 aliphatic heterocycles. The fourth-order valence-corrected chi connectivity index (χ4v) is 4.36. The first-order valence-electron chi connectivity index (χ1n) is 10.2. The van der Waals surface area contributed by atoms with Crippen LogP contribution in [0.5, 0.6) is 0 Å². The van der Waals surface area contributed by atoms with Crippen molar-refractivity contribution in [2.24, 2.45) is 7.05 Å². The molecule has 32 heavy (non-hydrogen) atoms. The number of hydrogen-bond donors (Lipinski definition) is 2. The Morgan fingerprint density at radius 1 is 1.12 bits per heavy atom. The number of aromatic carboxylic acids is 1. The van der Waals surface area contributed by atoms with Crippen molar-refractivity contribution in [2.45, 2.75) is 32.4 Å². The second-order valence-corrected chi connectivity index (χ2v) is 9.97. The summed E-state index contributed by atoms with van der Waals surface area (Å²) in [6.07, 6.45) is 0.539. The van der Waals surface area contributed by atoms with Crippen molar-refractivity contribution in [2.75, 3.05) is 4.72 Å². The van der Waals surface area contributed by atoms with Gasteiger partial charge < -0.3 is 9.67 Å². The molecule has 0 amide bonds. The maximum absolute atomic E-state index is 12.2. The number of nitriles is 1. The van der Waals surface area contributed by atoms with Gasteiger partial charge in [-0.1, -0.05) is 43.3 Å². The second-order valence-electron chi connectivity index (χ2n) is 7.73. The van der Waals surface area contributed by atoms with Gasteiger partial charge in [0.1, 0.15) is 11.8 Å². The lowest BCUT2D eigenvalue weighted by Crippen LogP contribution is -2.22. The number of nitrogens with zero attached hydrogens (tertiary/aromatic N) is 2. The summed E-state index contributed by atoms with van der Waals surface area (Å²) in [5, 5.41) is 18.9. The molecule has 0 aliphatic carbocycles. The Morgan fingerprint density at radius 2 is 1.75 bits per heavy atom. The van der Waals surface area contributed by atoms with Gasteiger partial charge in [-0.15, -0.1) is 0 Å². The van der Waals surface area contributed by atoms with Crippen molar-refractivity contribution in [3.63, 3.8) is 0 Å². The summed E-state index contributed by atoms with van der Waals surface area (Å²) < 4.78 is 28.5. The zero-order valence-electron chi connectivity index (χ0n) is 18.4. The topological polar surface area (TPSA) is 112 Å². The Morgan fingerprint density at radius 3 is 2.28 bits per heavy atom. The van der Waals surface area contributed by atoms with Gasteiger partial charge in [0, 0.05) is 24.0 Å². The first-order valence-corrected chi connectivity index (χ1v) is 11.7.